The number of esters is 1. The van der Waals surface area contributed by atoms with Gasteiger partial charge < -0.3 is 10.5 Å². The summed E-state index contributed by atoms with van der Waals surface area (Å²) in [5.74, 6) is -0.541. The number of benzene rings is 1. The summed E-state index contributed by atoms with van der Waals surface area (Å²) < 4.78 is 6.50. The maximum absolute atomic E-state index is 13.0. The fourth-order valence-electron chi connectivity index (χ4n) is 3.35. The number of hydrogen-bond donors (Lipinski definition) is 2. The number of hydrogen-bond acceptors (Lipinski definition) is 11. The van der Waals surface area contributed by atoms with Crippen molar-refractivity contribution in [2.45, 2.75) is 23.2 Å². The Morgan fingerprint density at radius 3 is 2.69 bits per heavy atom. The molecule has 0 saturated carbocycles. The van der Waals surface area contributed by atoms with Crippen molar-refractivity contribution in [3.63, 3.8) is 0 Å². The van der Waals surface area contributed by atoms with Crippen LogP contribution in [0.3, 0.4) is 0 Å². The van der Waals surface area contributed by atoms with Crippen LogP contribution < -0.4 is 16.9 Å². The van der Waals surface area contributed by atoms with Crippen molar-refractivity contribution < 1.29 is 19.2 Å². The number of fused-ring (bicyclic) bond motifs is 1. The molecule has 0 radical (unpaired) electrons. The number of nitrogens with zero attached hydrogens (tertiary/aromatic N) is 4. The number of ether oxygens (including phenoxy) is 1. The Morgan fingerprint density at radius 1 is 1.34 bits per heavy atom. The number of non-ortho nitro benzene ring substituents is 1. The third kappa shape index (κ3) is 5.12. The van der Waals surface area contributed by atoms with Crippen LogP contribution in [0.25, 0.3) is 0 Å². The molecule has 4 rings (SSSR count). The lowest BCUT2D eigenvalue weighted by molar-refractivity contribution is -0.384. The molecule has 0 aliphatic carbocycles. The highest BCUT2D eigenvalue weighted by Gasteiger charge is 2.52. The van der Waals surface area contributed by atoms with Crippen molar-refractivity contribution in [2.24, 2.45) is 12.8 Å². The summed E-state index contributed by atoms with van der Waals surface area (Å²) >= 11 is 2.52. The smallest absolute Gasteiger partial charge is 0.355 e. The number of amides is 1. The second-order valence-electron chi connectivity index (χ2n) is 7.38. The summed E-state index contributed by atoms with van der Waals surface area (Å²) in [6.45, 7) is -0.150. The van der Waals surface area contributed by atoms with Gasteiger partial charge in [-0.2, -0.15) is 0 Å². The number of H-pyrrole nitrogens is 1. The first-order chi connectivity index (χ1) is 16.2. The van der Waals surface area contributed by atoms with Gasteiger partial charge in [0.2, 0.25) is 5.91 Å². The van der Waals surface area contributed by atoms with Crippen molar-refractivity contribution in [3.05, 3.63) is 71.9 Å². The van der Waals surface area contributed by atoms with Crippen molar-refractivity contribution in [1.29, 1.82) is 0 Å². The van der Waals surface area contributed by atoms with Crippen molar-refractivity contribution in [1.82, 2.24) is 19.7 Å². The van der Waals surface area contributed by atoms with E-state index in [4.69, 9.17) is 10.5 Å². The minimum atomic E-state index is -0.849. The molecule has 1 aromatic heterocycles. The maximum atomic E-state index is 13.0. The summed E-state index contributed by atoms with van der Waals surface area (Å²) in [6.07, 6.45) is 0. The zero-order valence-electron chi connectivity index (χ0n) is 18.0. The number of halogens is 1. The molecule has 0 bridgehead atoms. The van der Waals surface area contributed by atoms with E-state index in [1.165, 1.54) is 48.0 Å². The SMILES string of the molecule is Cl.Cn1c(SCC2=C(C(=O)OCc3ccc([N+](=O)[O-])cc3)N3C(=O)C(N)[C@@H]3SC2)n[nH]c(=O)c1=O. The van der Waals surface area contributed by atoms with E-state index < -0.39 is 39.3 Å². The highest BCUT2D eigenvalue weighted by molar-refractivity contribution is 8.01. The largest absolute Gasteiger partial charge is 0.456 e. The number of thioether (sulfide) groups is 2. The highest BCUT2D eigenvalue weighted by Crippen LogP contribution is 2.41. The molecule has 1 amide bonds. The zero-order valence-corrected chi connectivity index (χ0v) is 20.5. The third-order valence-electron chi connectivity index (χ3n) is 5.21. The van der Waals surface area contributed by atoms with Crippen LogP contribution in [0.2, 0.25) is 0 Å². The van der Waals surface area contributed by atoms with Crippen LogP contribution in [0, 0.1) is 10.1 Å². The lowest BCUT2D eigenvalue weighted by Gasteiger charge is -2.48. The van der Waals surface area contributed by atoms with Crippen LogP contribution >= 0.6 is 35.9 Å². The maximum Gasteiger partial charge on any atom is 0.355 e. The van der Waals surface area contributed by atoms with Crippen molar-refractivity contribution in [2.75, 3.05) is 11.5 Å². The lowest BCUT2D eigenvalue weighted by Crippen LogP contribution is -2.68. The van der Waals surface area contributed by atoms with Gasteiger partial charge in [0.05, 0.1) is 4.92 Å². The van der Waals surface area contributed by atoms with Gasteiger partial charge in [0.15, 0.2) is 5.16 Å². The van der Waals surface area contributed by atoms with Crippen LogP contribution in [0.5, 0.6) is 0 Å². The predicted octanol–water partition coefficient (Wildman–Crippen LogP) is 0.131. The van der Waals surface area contributed by atoms with E-state index in [9.17, 15) is 29.3 Å². The molecule has 35 heavy (non-hydrogen) atoms. The molecule has 1 unspecified atom stereocenters. The molecule has 2 atom stereocenters. The zero-order chi connectivity index (χ0) is 24.6. The van der Waals surface area contributed by atoms with E-state index in [0.29, 0.717) is 16.9 Å². The molecule has 3 N–H and O–H groups in total. The number of nitrogens with two attached hydrogens (primary N) is 1. The molecule has 2 aromatic rings. The molecule has 1 saturated heterocycles. The number of rotatable bonds is 7. The van der Waals surface area contributed by atoms with Crippen LogP contribution in [0.15, 0.2) is 50.3 Å². The molecular formula is C19H19ClN6O7S2. The van der Waals surface area contributed by atoms with Crippen molar-refractivity contribution >= 4 is 53.5 Å². The number of carbonyl (C=O) groups is 2. The fourth-order valence-corrected chi connectivity index (χ4v) is 5.70. The van der Waals surface area contributed by atoms with E-state index in [2.05, 4.69) is 10.2 Å². The monoisotopic (exact) mass is 542 g/mol. The summed E-state index contributed by atoms with van der Waals surface area (Å²) in [4.78, 5) is 60.3. The summed E-state index contributed by atoms with van der Waals surface area (Å²) in [6, 6.07) is 4.83. The van der Waals surface area contributed by atoms with Gasteiger partial charge in [-0.15, -0.1) is 29.3 Å². The Labute approximate surface area is 211 Å². The first-order valence-corrected chi connectivity index (χ1v) is 11.8. The van der Waals surface area contributed by atoms with Crippen LogP contribution in [0.4, 0.5) is 5.69 Å². The second kappa shape index (κ2) is 10.6. The number of aromatic amines is 1. The van der Waals surface area contributed by atoms with E-state index >= 15 is 0 Å². The number of nitrogens with one attached hydrogen (secondary N) is 1. The highest BCUT2D eigenvalue weighted by atomic mass is 35.5. The minimum Gasteiger partial charge on any atom is -0.456 e. The van der Waals surface area contributed by atoms with Gasteiger partial charge in [0, 0.05) is 30.7 Å². The van der Waals surface area contributed by atoms with Crippen molar-refractivity contribution in [3.8, 4) is 0 Å². The Kier molecular flexibility index (Phi) is 8.04. The molecule has 2 aliphatic rings. The van der Waals surface area contributed by atoms with Gasteiger partial charge in [-0.25, -0.2) is 9.89 Å². The molecule has 186 valence electrons. The number of β-lactam (4-membered cyclic amide) rings is 1. The summed E-state index contributed by atoms with van der Waals surface area (Å²) in [5, 5.41) is 16.6. The fraction of sp³-hybridized carbons (Fsp3) is 0.316. The molecule has 1 fully saturated rings. The van der Waals surface area contributed by atoms with Gasteiger partial charge >= 0.3 is 17.1 Å². The molecular weight excluding hydrogens is 524 g/mol. The Balaban J connectivity index is 0.00000342. The quantitative estimate of drug-likeness (QED) is 0.121. The molecule has 0 spiro atoms. The topological polar surface area (TPSA) is 184 Å². The van der Waals surface area contributed by atoms with E-state index in [1.54, 1.807) is 0 Å². The van der Waals surface area contributed by atoms with Gasteiger partial charge in [0.1, 0.15) is 23.7 Å². The molecule has 16 heteroatoms. The average Bonchev–Trinajstić information content (AvgIpc) is 2.84. The Hall–Kier alpha value is -3.14. The van der Waals surface area contributed by atoms with Gasteiger partial charge in [-0.1, -0.05) is 11.8 Å². The molecule has 3 heterocycles. The number of aromatic nitrogens is 3. The predicted molar refractivity (Wildman–Crippen MR) is 129 cm³/mol. The second-order valence-corrected chi connectivity index (χ2v) is 9.42. The van der Waals surface area contributed by atoms with Crippen LogP contribution in [-0.4, -0.2) is 59.4 Å². The summed E-state index contributed by atoms with van der Waals surface area (Å²) in [5.41, 5.74) is 5.37. The number of nitro groups is 1. The van der Waals surface area contributed by atoms with E-state index in [1.807, 2.05) is 0 Å². The lowest BCUT2D eigenvalue weighted by atomic mass is 10.0. The average molecular weight is 543 g/mol. The first kappa shape index (κ1) is 26.5. The Bertz CT molecular complexity index is 1330. The molecule has 13 nitrogen and oxygen atoms in total. The Morgan fingerprint density at radius 2 is 2.03 bits per heavy atom. The third-order valence-corrected chi connectivity index (χ3v) is 7.69. The van der Waals surface area contributed by atoms with Gasteiger partial charge in [0.25, 0.3) is 5.69 Å². The normalized spacial score (nSPS) is 18.9. The molecule has 1 aromatic carbocycles. The van der Waals surface area contributed by atoms with Gasteiger partial charge in [-0.05, 0) is 23.3 Å². The number of carbonyl (C=O) groups excluding carboxylic acids is 2. The summed E-state index contributed by atoms with van der Waals surface area (Å²) in [7, 11) is 1.41. The molecule has 2 aliphatic heterocycles. The van der Waals surface area contributed by atoms with Crippen LogP contribution in [-0.2, 0) is 28.0 Å². The van der Waals surface area contributed by atoms with Gasteiger partial charge in [-0.3, -0.25) is 34.0 Å². The van der Waals surface area contributed by atoms with E-state index in [0.717, 1.165) is 16.3 Å². The number of nitro benzene ring substituents is 1. The first-order valence-electron chi connectivity index (χ1n) is 9.80. The standard InChI is InChI=1S/C19H18N6O7S2.ClH/c1-23-16(28)14(26)21-22-19(23)34-8-10-7-33-17-12(20)15(27)24(17)13(10)18(29)32-6-9-2-4-11(5-3-9)25(30)31;/h2-5,12,17H,6-8,20H2,1H3,(H,21,26);1H/t12?,17-;/m0./s1. The van der Waals surface area contributed by atoms with Crippen LogP contribution in [0.1, 0.15) is 5.56 Å². The minimum absolute atomic E-state index is 0. The van der Waals surface area contributed by atoms with E-state index in [-0.39, 0.29) is 41.3 Å².